The van der Waals surface area contributed by atoms with Crippen LogP contribution in [0.1, 0.15) is 0 Å². The summed E-state index contributed by atoms with van der Waals surface area (Å²) in [6.07, 6.45) is 0. The van der Waals surface area contributed by atoms with E-state index in [1.54, 1.807) is 0 Å². The summed E-state index contributed by atoms with van der Waals surface area (Å²) in [5.74, 6) is 0. The van der Waals surface area contributed by atoms with Crippen LogP contribution in [0.5, 0.6) is 0 Å². The van der Waals surface area contributed by atoms with Crippen molar-refractivity contribution in [3.8, 4) is 27.9 Å². The van der Waals surface area contributed by atoms with Gasteiger partial charge in [-0.1, -0.05) is 158 Å². The highest BCUT2D eigenvalue weighted by Gasteiger charge is 2.19. The molecule has 12 rings (SSSR count). The SMILES string of the molecule is c1ccc(-n2c3cc4ccccc4cc3c3c(-c4cccc(N(c5ccc(-c6ccc7c(ccc8ccccc87)c6)cc5)c5ccc6ccccc6c5)c4)cccc32)cc1. The van der Waals surface area contributed by atoms with Crippen molar-refractivity contribution in [1.82, 2.24) is 4.57 Å². The smallest absolute Gasteiger partial charge is 0.0547 e. The molecule has 0 fully saturated rings. The molecule has 0 spiro atoms. The van der Waals surface area contributed by atoms with E-state index in [-0.39, 0.29) is 0 Å². The Morgan fingerprint density at radius 2 is 0.900 bits per heavy atom. The monoisotopic (exact) mass is 762 g/mol. The van der Waals surface area contributed by atoms with Crippen molar-refractivity contribution in [1.29, 1.82) is 0 Å². The lowest BCUT2D eigenvalue weighted by molar-refractivity contribution is 1.18. The van der Waals surface area contributed by atoms with Crippen LogP contribution in [0.3, 0.4) is 0 Å². The van der Waals surface area contributed by atoms with Crippen LogP contribution in [-0.2, 0) is 0 Å². The van der Waals surface area contributed by atoms with E-state index in [0.717, 1.165) is 22.7 Å². The highest BCUT2D eigenvalue weighted by Crippen LogP contribution is 2.43. The van der Waals surface area contributed by atoms with Gasteiger partial charge in [-0.15, -0.1) is 0 Å². The molecule has 0 radical (unpaired) electrons. The molecule has 0 unspecified atom stereocenters. The molecule has 1 aromatic heterocycles. The Hall–Kier alpha value is -7.94. The quantitative estimate of drug-likeness (QED) is 0.153. The van der Waals surface area contributed by atoms with Crippen LogP contribution in [0.15, 0.2) is 231 Å². The van der Waals surface area contributed by atoms with Gasteiger partial charge in [-0.2, -0.15) is 0 Å². The van der Waals surface area contributed by atoms with Gasteiger partial charge in [-0.3, -0.25) is 0 Å². The lowest BCUT2D eigenvalue weighted by Crippen LogP contribution is -2.10. The average molecular weight is 763 g/mol. The molecule has 280 valence electrons. The van der Waals surface area contributed by atoms with E-state index in [1.807, 2.05) is 0 Å². The third kappa shape index (κ3) is 5.65. The van der Waals surface area contributed by atoms with E-state index >= 15 is 0 Å². The van der Waals surface area contributed by atoms with Crippen LogP contribution in [-0.4, -0.2) is 4.57 Å². The first-order valence-corrected chi connectivity index (χ1v) is 20.7. The number of aromatic nitrogens is 1. The maximum atomic E-state index is 2.42. The van der Waals surface area contributed by atoms with Crippen molar-refractivity contribution >= 4 is 82.0 Å². The highest BCUT2D eigenvalue weighted by molar-refractivity contribution is 6.19. The first kappa shape index (κ1) is 34.1. The molecule has 0 aliphatic rings. The number of nitrogens with zero attached hydrogens (tertiary/aromatic N) is 2. The molecule has 2 heteroatoms. The van der Waals surface area contributed by atoms with Gasteiger partial charge in [0, 0.05) is 33.5 Å². The maximum absolute atomic E-state index is 2.42. The van der Waals surface area contributed by atoms with Crippen LogP contribution >= 0.6 is 0 Å². The van der Waals surface area contributed by atoms with Crippen LogP contribution < -0.4 is 4.90 Å². The van der Waals surface area contributed by atoms with Crippen molar-refractivity contribution in [3.63, 3.8) is 0 Å². The molecule has 0 atom stereocenters. The molecule has 0 aliphatic heterocycles. The predicted molar refractivity (Wildman–Crippen MR) is 256 cm³/mol. The van der Waals surface area contributed by atoms with Crippen molar-refractivity contribution in [3.05, 3.63) is 231 Å². The minimum absolute atomic E-state index is 1.10. The summed E-state index contributed by atoms with van der Waals surface area (Å²) in [6.45, 7) is 0. The number of rotatable bonds is 6. The fourth-order valence-electron chi connectivity index (χ4n) is 9.42. The second-order valence-electron chi connectivity index (χ2n) is 15.8. The summed E-state index contributed by atoms with van der Waals surface area (Å²) in [4.78, 5) is 2.40. The molecule has 0 aliphatic carbocycles. The first-order chi connectivity index (χ1) is 29.7. The number of hydrogen-bond acceptors (Lipinski definition) is 1. The van der Waals surface area contributed by atoms with Crippen molar-refractivity contribution in [2.75, 3.05) is 4.90 Å². The summed E-state index contributed by atoms with van der Waals surface area (Å²) < 4.78 is 2.42. The highest BCUT2D eigenvalue weighted by atomic mass is 15.1. The van der Waals surface area contributed by atoms with Crippen LogP contribution in [0.2, 0.25) is 0 Å². The van der Waals surface area contributed by atoms with Gasteiger partial charge in [0.05, 0.1) is 11.0 Å². The van der Waals surface area contributed by atoms with Gasteiger partial charge in [0.15, 0.2) is 0 Å². The third-order valence-electron chi connectivity index (χ3n) is 12.3. The molecule has 0 saturated carbocycles. The molecule has 0 amide bonds. The minimum Gasteiger partial charge on any atom is -0.310 e. The van der Waals surface area contributed by atoms with Crippen molar-refractivity contribution < 1.29 is 0 Å². The van der Waals surface area contributed by atoms with E-state index < -0.39 is 0 Å². The Morgan fingerprint density at radius 3 is 1.73 bits per heavy atom. The fraction of sp³-hybridized carbons (Fsp3) is 0. The lowest BCUT2D eigenvalue weighted by Gasteiger charge is -2.26. The minimum atomic E-state index is 1.10. The standard InChI is InChI=1S/C58H38N2/c1-2-18-48(19-3-1)60-56-23-11-22-54(58(56)55-37-43-15-6-7-16-44(43)38-57(55)60)46-17-10-20-50(36-46)59(51-32-28-39-12-4-5-14-42(39)35-51)49-30-26-40(27-31-49)45-29-33-53-47(34-45)25-24-41-13-8-9-21-52(41)53/h1-38H. The van der Waals surface area contributed by atoms with Crippen molar-refractivity contribution in [2.45, 2.75) is 0 Å². The molecular weight excluding hydrogens is 725 g/mol. The fourth-order valence-corrected chi connectivity index (χ4v) is 9.42. The van der Waals surface area contributed by atoms with E-state index in [9.17, 15) is 0 Å². The van der Waals surface area contributed by atoms with Crippen LogP contribution in [0, 0.1) is 0 Å². The van der Waals surface area contributed by atoms with E-state index in [0.29, 0.717) is 0 Å². The van der Waals surface area contributed by atoms with Gasteiger partial charge < -0.3 is 9.47 Å². The predicted octanol–water partition coefficient (Wildman–Crippen LogP) is 16.2. The van der Waals surface area contributed by atoms with Crippen LogP contribution in [0.25, 0.3) is 92.8 Å². The summed E-state index contributed by atoms with van der Waals surface area (Å²) in [6, 6.07) is 84.4. The number of para-hydroxylation sites is 1. The molecule has 0 bridgehead atoms. The first-order valence-electron chi connectivity index (χ1n) is 20.7. The summed E-state index contributed by atoms with van der Waals surface area (Å²) in [7, 11) is 0. The van der Waals surface area contributed by atoms with E-state index in [2.05, 4.69) is 240 Å². The number of benzene rings is 11. The number of anilines is 3. The Labute approximate surface area is 348 Å². The van der Waals surface area contributed by atoms with Gasteiger partial charge in [0.2, 0.25) is 0 Å². The normalized spacial score (nSPS) is 11.7. The second kappa shape index (κ2) is 13.9. The van der Waals surface area contributed by atoms with Gasteiger partial charge in [0.25, 0.3) is 0 Å². The molecule has 11 aromatic carbocycles. The molecule has 0 saturated heterocycles. The summed E-state index contributed by atoms with van der Waals surface area (Å²) >= 11 is 0. The van der Waals surface area contributed by atoms with Gasteiger partial charge in [-0.05, 0) is 138 Å². The van der Waals surface area contributed by atoms with E-state index in [1.165, 1.54) is 87.1 Å². The molecular formula is C58H38N2. The topological polar surface area (TPSA) is 8.17 Å². The second-order valence-corrected chi connectivity index (χ2v) is 15.8. The van der Waals surface area contributed by atoms with Gasteiger partial charge in [-0.25, -0.2) is 0 Å². The Kier molecular flexibility index (Phi) is 7.89. The lowest BCUT2D eigenvalue weighted by atomic mass is 9.97. The zero-order valence-electron chi connectivity index (χ0n) is 32.8. The summed E-state index contributed by atoms with van der Waals surface area (Å²) in [5.41, 5.74) is 11.6. The molecule has 60 heavy (non-hydrogen) atoms. The average Bonchev–Trinajstić information content (AvgIpc) is 3.64. The Bertz CT molecular complexity index is 3600. The number of hydrogen-bond donors (Lipinski definition) is 0. The molecule has 2 nitrogen and oxygen atoms in total. The van der Waals surface area contributed by atoms with Gasteiger partial charge in [0.1, 0.15) is 0 Å². The van der Waals surface area contributed by atoms with Crippen molar-refractivity contribution in [2.24, 2.45) is 0 Å². The zero-order chi connectivity index (χ0) is 39.6. The molecule has 1 heterocycles. The zero-order valence-corrected chi connectivity index (χ0v) is 32.8. The number of fused-ring (bicyclic) bond motifs is 8. The Balaban J connectivity index is 1.01. The third-order valence-corrected chi connectivity index (χ3v) is 12.3. The molecule has 0 N–H and O–H groups in total. The Morgan fingerprint density at radius 1 is 0.283 bits per heavy atom. The van der Waals surface area contributed by atoms with E-state index in [4.69, 9.17) is 0 Å². The largest absolute Gasteiger partial charge is 0.310 e. The maximum Gasteiger partial charge on any atom is 0.0547 e. The van der Waals surface area contributed by atoms with Gasteiger partial charge >= 0.3 is 0 Å². The van der Waals surface area contributed by atoms with Crippen LogP contribution in [0.4, 0.5) is 17.1 Å². The molecule has 12 aromatic rings. The summed E-state index contributed by atoms with van der Waals surface area (Å²) in [5, 5.41) is 12.5.